The number of nitrogens with one attached hydrogen (secondary N) is 1. The van der Waals surface area contributed by atoms with E-state index in [4.69, 9.17) is 0 Å². The van der Waals surface area contributed by atoms with E-state index in [1.165, 1.54) is 12.1 Å². The lowest BCUT2D eigenvalue weighted by atomic mass is 10.1. The summed E-state index contributed by atoms with van der Waals surface area (Å²) in [5, 5.41) is 2.86. The van der Waals surface area contributed by atoms with E-state index in [9.17, 15) is 14.0 Å². The molecule has 27 heavy (non-hydrogen) atoms. The Morgan fingerprint density at radius 3 is 2.41 bits per heavy atom. The summed E-state index contributed by atoms with van der Waals surface area (Å²) >= 11 is 0. The van der Waals surface area contributed by atoms with Gasteiger partial charge in [-0.2, -0.15) is 0 Å². The smallest absolute Gasteiger partial charge is 0.242 e. The SMILES string of the molecule is CCCNC(=O)C(C)N(Cc1ccccc1C)C(=O)Cc1ccc(F)cc1. The standard InChI is InChI=1S/C22H27FN2O2/c1-4-13-24-22(27)17(3)25(15-19-8-6-5-7-16(19)2)21(26)14-18-9-11-20(23)12-10-18/h5-12,17H,4,13-15H2,1-3H3,(H,24,27). The number of hydrogen-bond donors (Lipinski definition) is 1. The molecule has 0 fully saturated rings. The third-order valence-electron chi connectivity index (χ3n) is 4.59. The summed E-state index contributed by atoms with van der Waals surface area (Å²) in [4.78, 5) is 27.0. The maximum absolute atomic E-state index is 13.1. The molecular formula is C22H27FN2O2. The Morgan fingerprint density at radius 1 is 1.11 bits per heavy atom. The van der Waals surface area contributed by atoms with Crippen molar-refractivity contribution in [3.8, 4) is 0 Å². The minimum Gasteiger partial charge on any atom is -0.354 e. The Kier molecular flexibility index (Phi) is 7.53. The van der Waals surface area contributed by atoms with E-state index in [-0.39, 0.29) is 24.1 Å². The van der Waals surface area contributed by atoms with Crippen LogP contribution in [0.25, 0.3) is 0 Å². The van der Waals surface area contributed by atoms with E-state index in [0.29, 0.717) is 13.1 Å². The van der Waals surface area contributed by atoms with Crippen molar-refractivity contribution in [1.29, 1.82) is 0 Å². The van der Waals surface area contributed by atoms with Crippen molar-refractivity contribution in [1.82, 2.24) is 10.2 Å². The molecule has 1 unspecified atom stereocenters. The summed E-state index contributed by atoms with van der Waals surface area (Å²) in [6.45, 7) is 6.64. The topological polar surface area (TPSA) is 49.4 Å². The molecule has 0 saturated heterocycles. The summed E-state index contributed by atoms with van der Waals surface area (Å²) in [6.07, 6.45) is 0.956. The molecule has 0 aliphatic rings. The van der Waals surface area contributed by atoms with E-state index >= 15 is 0 Å². The van der Waals surface area contributed by atoms with E-state index in [1.807, 2.05) is 38.1 Å². The van der Waals surface area contributed by atoms with Crippen LogP contribution in [0, 0.1) is 12.7 Å². The highest BCUT2D eigenvalue weighted by molar-refractivity contribution is 5.88. The fourth-order valence-electron chi connectivity index (χ4n) is 2.83. The molecule has 1 N–H and O–H groups in total. The van der Waals surface area contributed by atoms with Crippen LogP contribution in [0.15, 0.2) is 48.5 Å². The van der Waals surface area contributed by atoms with Crippen LogP contribution >= 0.6 is 0 Å². The van der Waals surface area contributed by atoms with E-state index in [2.05, 4.69) is 5.32 Å². The Balaban J connectivity index is 2.21. The van der Waals surface area contributed by atoms with Crippen molar-refractivity contribution >= 4 is 11.8 Å². The molecule has 0 radical (unpaired) electrons. The molecule has 1 atom stereocenters. The minimum atomic E-state index is -0.593. The molecule has 0 heterocycles. The van der Waals surface area contributed by atoms with Gasteiger partial charge >= 0.3 is 0 Å². The quantitative estimate of drug-likeness (QED) is 0.772. The third kappa shape index (κ3) is 5.91. The average molecular weight is 370 g/mol. The highest BCUT2D eigenvalue weighted by Gasteiger charge is 2.26. The Hall–Kier alpha value is -2.69. The van der Waals surface area contributed by atoms with Gasteiger partial charge in [-0.1, -0.05) is 43.3 Å². The molecule has 2 rings (SSSR count). The van der Waals surface area contributed by atoms with Crippen LogP contribution < -0.4 is 5.32 Å². The molecule has 4 nitrogen and oxygen atoms in total. The number of aryl methyl sites for hydroxylation is 1. The maximum Gasteiger partial charge on any atom is 0.242 e. The van der Waals surface area contributed by atoms with Gasteiger partial charge in [0.05, 0.1) is 6.42 Å². The lowest BCUT2D eigenvalue weighted by Gasteiger charge is -2.29. The normalized spacial score (nSPS) is 11.7. The van der Waals surface area contributed by atoms with Gasteiger partial charge in [0, 0.05) is 13.1 Å². The summed E-state index contributed by atoms with van der Waals surface area (Å²) < 4.78 is 13.1. The van der Waals surface area contributed by atoms with Crippen molar-refractivity contribution in [2.75, 3.05) is 6.54 Å². The molecule has 0 bridgehead atoms. The molecule has 2 aromatic carbocycles. The predicted octanol–water partition coefficient (Wildman–Crippen LogP) is 3.62. The van der Waals surface area contributed by atoms with Gasteiger partial charge < -0.3 is 10.2 Å². The number of rotatable bonds is 8. The molecule has 144 valence electrons. The second kappa shape index (κ2) is 9.86. The zero-order chi connectivity index (χ0) is 19.8. The van der Waals surface area contributed by atoms with Crippen molar-refractivity contribution in [2.45, 2.75) is 46.2 Å². The van der Waals surface area contributed by atoms with Gasteiger partial charge in [0.1, 0.15) is 11.9 Å². The molecule has 2 amide bonds. The first-order valence-electron chi connectivity index (χ1n) is 9.28. The Morgan fingerprint density at radius 2 is 1.78 bits per heavy atom. The lowest BCUT2D eigenvalue weighted by Crippen LogP contribution is -2.48. The first-order valence-corrected chi connectivity index (χ1v) is 9.28. The highest BCUT2D eigenvalue weighted by atomic mass is 19.1. The van der Waals surface area contributed by atoms with Gasteiger partial charge in [-0.05, 0) is 49.1 Å². The van der Waals surface area contributed by atoms with E-state index in [0.717, 1.165) is 23.1 Å². The highest BCUT2D eigenvalue weighted by Crippen LogP contribution is 2.15. The van der Waals surface area contributed by atoms with Gasteiger partial charge in [-0.15, -0.1) is 0 Å². The third-order valence-corrected chi connectivity index (χ3v) is 4.59. The number of amides is 2. The van der Waals surface area contributed by atoms with Crippen molar-refractivity contribution < 1.29 is 14.0 Å². The van der Waals surface area contributed by atoms with Crippen molar-refractivity contribution in [3.63, 3.8) is 0 Å². The van der Waals surface area contributed by atoms with Gasteiger partial charge in [-0.3, -0.25) is 9.59 Å². The van der Waals surface area contributed by atoms with Crippen LogP contribution in [0.4, 0.5) is 4.39 Å². The fourth-order valence-corrected chi connectivity index (χ4v) is 2.83. The Labute approximate surface area is 160 Å². The summed E-state index contributed by atoms with van der Waals surface area (Å²) in [7, 11) is 0. The maximum atomic E-state index is 13.1. The molecule has 0 saturated carbocycles. The lowest BCUT2D eigenvalue weighted by molar-refractivity contribution is -0.140. The molecule has 2 aromatic rings. The summed E-state index contributed by atoms with van der Waals surface area (Å²) in [5.41, 5.74) is 2.79. The zero-order valence-electron chi connectivity index (χ0n) is 16.2. The molecule has 0 spiro atoms. The molecule has 5 heteroatoms. The van der Waals surface area contributed by atoms with Gasteiger partial charge in [-0.25, -0.2) is 4.39 Å². The number of halogens is 1. The first kappa shape index (κ1) is 20.6. The molecule has 0 aliphatic heterocycles. The first-order chi connectivity index (χ1) is 12.9. The van der Waals surface area contributed by atoms with Crippen LogP contribution in [-0.4, -0.2) is 29.3 Å². The minimum absolute atomic E-state index is 0.123. The fraction of sp³-hybridized carbons (Fsp3) is 0.364. The summed E-state index contributed by atoms with van der Waals surface area (Å²) in [5.74, 6) is -0.669. The van der Waals surface area contributed by atoms with E-state index < -0.39 is 6.04 Å². The zero-order valence-corrected chi connectivity index (χ0v) is 16.2. The second-order valence-electron chi connectivity index (χ2n) is 6.72. The summed E-state index contributed by atoms with van der Waals surface area (Å²) in [6, 6.07) is 13.1. The Bertz CT molecular complexity index is 774. The second-order valence-corrected chi connectivity index (χ2v) is 6.72. The number of hydrogen-bond acceptors (Lipinski definition) is 2. The number of carbonyl (C=O) groups excluding carboxylic acids is 2. The molecule has 0 aromatic heterocycles. The average Bonchev–Trinajstić information content (AvgIpc) is 2.66. The van der Waals surface area contributed by atoms with Gasteiger partial charge in [0.15, 0.2) is 0 Å². The number of nitrogens with zero attached hydrogens (tertiary/aromatic N) is 1. The number of benzene rings is 2. The van der Waals surface area contributed by atoms with E-state index in [1.54, 1.807) is 24.0 Å². The van der Waals surface area contributed by atoms with Crippen molar-refractivity contribution in [2.24, 2.45) is 0 Å². The molecule has 0 aliphatic carbocycles. The molecular weight excluding hydrogens is 343 g/mol. The van der Waals surface area contributed by atoms with Crippen LogP contribution in [0.2, 0.25) is 0 Å². The predicted molar refractivity (Wildman–Crippen MR) is 105 cm³/mol. The monoisotopic (exact) mass is 370 g/mol. The van der Waals surface area contributed by atoms with Gasteiger partial charge in [0.25, 0.3) is 0 Å². The van der Waals surface area contributed by atoms with Crippen LogP contribution in [0.1, 0.15) is 37.0 Å². The van der Waals surface area contributed by atoms with Crippen LogP contribution in [0.3, 0.4) is 0 Å². The van der Waals surface area contributed by atoms with Crippen LogP contribution in [-0.2, 0) is 22.6 Å². The largest absolute Gasteiger partial charge is 0.354 e. The van der Waals surface area contributed by atoms with Crippen LogP contribution in [0.5, 0.6) is 0 Å². The van der Waals surface area contributed by atoms with Gasteiger partial charge in [0.2, 0.25) is 11.8 Å². The number of carbonyl (C=O) groups is 2. The van der Waals surface area contributed by atoms with Crippen molar-refractivity contribution in [3.05, 3.63) is 71.0 Å².